The average molecular weight is 560 g/mol. The first kappa shape index (κ1) is 31.0. The Bertz CT molecular complexity index is 1270. The number of alkyl carbamates (subject to hydrolysis) is 1. The van der Waals surface area contributed by atoms with Crippen LogP contribution in [0.15, 0.2) is 91.0 Å². The van der Waals surface area contributed by atoms with E-state index >= 15 is 0 Å². The molecule has 41 heavy (non-hydrogen) atoms. The molecule has 0 heterocycles. The molecule has 9 nitrogen and oxygen atoms in total. The van der Waals surface area contributed by atoms with Gasteiger partial charge >= 0.3 is 12.0 Å². The van der Waals surface area contributed by atoms with Crippen molar-refractivity contribution in [2.75, 3.05) is 7.05 Å². The molecule has 3 amide bonds. The van der Waals surface area contributed by atoms with Crippen molar-refractivity contribution in [2.24, 2.45) is 5.92 Å². The highest BCUT2D eigenvalue weighted by Gasteiger charge is 2.33. The van der Waals surface area contributed by atoms with E-state index in [0.717, 1.165) is 21.8 Å². The van der Waals surface area contributed by atoms with Gasteiger partial charge in [0.15, 0.2) is 0 Å². The maximum atomic E-state index is 13.4. The van der Waals surface area contributed by atoms with E-state index in [1.54, 1.807) is 12.1 Å². The van der Waals surface area contributed by atoms with Gasteiger partial charge in [-0.25, -0.2) is 9.86 Å². The van der Waals surface area contributed by atoms with Crippen molar-refractivity contribution in [3.05, 3.63) is 108 Å². The second kappa shape index (κ2) is 15.9. The number of ether oxygens (including phenoxy) is 1. The fraction of sp³-hybridized carbons (Fsp3) is 0.312. The first-order valence-electron chi connectivity index (χ1n) is 13.5. The van der Waals surface area contributed by atoms with Crippen LogP contribution >= 0.6 is 0 Å². The molecule has 0 aliphatic rings. The van der Waals surface area contributed by atoms with Gasteiger partial charge in [-0.1, -0.05) is 105 Å². The number of hydroxylamine groups is 2. The molecule has 2 N–H and O–H groups in total. The summed E-state index contributed by atoms with van der Waals surface area (Å²) < 4.78 is 5.30. The van der Waals surface area contributed by atoms with Gasteiger partial charge in [0.2, 0.25) is 11.7 Å². The SMILES string of the molecule is CC(C)C[C@H](NC(=O)OCc1ccccc1)C(=O)N[C@@H](Cc1ccccc1)C(=O)C(=O)N(C)OCc1ccccc1. The van der Waals surface area contributed by atoms with E-state index in [1.807, 2.05) is 92.7 Å². The Balaban J connectivity index is 1.69. The third-order valence-corrected chi connectivity index (χ3v) is 6.21. The van der Waals surface area contributed by atoms with Crippen LogP contribution in [0.3, 0.4) is 0 Å². The van der Waals surface area contributed by atoms with Gasteiger partial charge in [-0.15, -0.1) is 0 Å². The summed E-state index contributed by atoms with van der Waals surface area (Å²) in [7, 11) is 1.36. The van der Waals surface area contributed by atoms with E-state index in [9.17, 15) is 19.2 Å². The molecular weight excluding hydrogens is 522 g/mol. The fourth-order valence-corrected chi connectivity index (χ4v) is 4.05. The first-order valence-corrected chi connectivity index (χ1v) is 13.5. The Morgan fingerprint density at radius 3 is 1.76 bits per heavy atom. The Labute approximate surface area is 240 Å². The lowest BCUT2D eigenvalue weighted by atomic mass is 9.99. The molecule has 0 saturated carbocycles. The van der Waals surface area contributed by atoms with E-state index in [4.69, 9.17) is 9.57 Å². The van der Waals surface area contributed by atoms with Crippen molar-refractivity contribution in [2.45, 2.75) is 52.0 Å². The van der Waals surface area contributed by atoms with Crippen molar-refractivity contribution in [1.82, 2.24) is 15.7 Å². The monoisotopic (exact) mass is 559 g/mol. The second-order valence-electron chi connectivity index (χ2n) is 10.1. The zero-order valence-electron chi connectivity index (χ0n) is 23.6. The van der Waals surface area contributed by atoms with Crippen molar-refractivity contribution >= 4 is 23.7 Å². The summed E-state index contributed by atoms with van der Waals surface area (Å²) >= 11 is 0. The van der Waals surface area contributed by atoms with E-state index in [0.29, 0.717) is 6.42 Å². The highest BCUT2D eigenvalue weighted by Crippen LogP contribution is 2.11. The van der Waals surface area contributed by atoms with Gasteiger partial charge in [0.05, 0.1) is 0 Å². The van der Waals surface area contributed by atoms with E-state index in [2.05, 4.69) is 10.6 Å². The number of ketones is 1. The molecular formula is C32H37N3O6. The van der Waals surface area contributed by atoms with Crippen LogP contribution in [0.4, 0.5) is 4.79 Å². The first-order chi connectivity index (χ1) is 19.7. The standard InChI is InChI=1S/C32H37N3O6/c1-23(2)19-28(34-32(39)40-21-25-15-9-5-10-16-25)30(37)33-27(20-24-13-7-4-8-14-24)29(36)31(38)35(3)41-22-26-17-11-6-12-18-26/h4-18,23,27-28H,19-22H2,1-3H3,(H,33,37)(H,34,39)/t27-,28-/m0/s1. The molecule has 2 atom stereocenters. The molecule has 0 radical (unpaired) electrons. The van der Waals surface area contributed by atoms with Crippen LogP contribution < -0.4 is 10.6 Å². The number of rotatable bonds is 14. The molecule has 0 aliphatic carbocycles. The summed E-state index contributed by atoms with van der Waals surface area (Å²) in [6, 6.07) is 25.3. The number of benzene rings is 3. The third-order valence-electron chi connectivity index (χ3n) is 6.21. The Kier molecular flexibility index (Phi) is 12.1. The lowest BCUT2D eigenvalue weighted by molar-refractivity contribution is -0.185. The molecule has 9 heteroatoms. The topological polar surface area (TPSA) is 114 Å². The quantitative estimate of drug-likeness (QED) is 0.226. The van der Waals surface area contributed by atoms with Crippen molar-refractivity contribution in [3.63, 3.8) is 0 Å². The highest BCUT2D eigenvalue weighted by molar-refractivity contribution is 6.38. The molecule has 0 aromatic heterocycles. The molecule has 0 fully saturated rings. The second-order valence-corrected chi connectivity index (χ2v) is 10.1. The van der Waals surface area contributed by atoms with Gasteiger partial charge in [0.1, 0.15) is 25.3 Å². The minimum atomic E-state index is -1.18. The summed E-state index contributed by atoms with van der Waals surface area (Å²) in [6.45, 7) is 3.96. The minimum absolute atomic E-state index is 0.0433. The number of hydrogen-bond donors (Lipinski definition) is 2. The van der Waals surface area contributed by atoms with Crippen LogP contribution in [0.5, 0.6) is 0 Å². The molecule has 3 rings (SSSR count). The van der Waals surface area contributed by atoms with E-state index < -0.39 is 35.8 Å². The molecule has 0 unspecified atom stereocenters. The largest absolute Gasteiger partial charge is 0.445 e. The van der Waals surface area contributed by atoms with Crippen LogP contribution in [-0.4, -0.2) is 47.9 Å². The Morgan fingerprint density at radius 2 is 1.22 bits per heavy atom. The molecule has 0 aliphatic heterocycles. The van der Waals surface area contributed by atoms with Crippen LogP contribution in [0, 0.1) is 5.92 Å². The van der Waals surface area contributed by atoms with Crippen LogP contribution in [0.25, 0.3) is 0 Å². The minimum Gasteiger partial charge on any atom is -0.445 e. The summed E-state index contributed by atoms with van der Waals surface area (Å²) in [6.07, 6.45) is -0.381. The summed E-state index contributed by atoms with van der Waals surface area (Å²) in [5, 5.41) is 6.19. The number of carbonyl (C=O) groups is 4. The van der Waals surface area contributed by atoms with Crippen LogP contribution in [0.2, 0.25) is 0 Å². The van der Waals surface area contributed by atoms with Gasteiger partial charge < -0.3 is 15.4 Å². The number of Topliss-reactive ketones (excluding diaryl/α,β-unsaturated/α-hetero) is 1. The number of amides is 3. The number of carbonyl (C=O) groups excluding carboxylic acids is 4. The number of nitrogens with one attached hydrogen (secondary N) is 2. The molecule has 0 bridgehead atoms. The molecule has 0 spiro atoms. The zero-order chi connectivity index (χ0) is 29.6. The van der Waals surface area contributed by atoms with Crippen LogP contribution in [0.1, 0.15) is 37.0 Å². The highest BCUT2D eigenvalue weighted by atomic mass is 16.7. The molecule has 3 aromatic rings. The van der Waals surface area contributed by atoms with Crippen molar-refractivity contribution in [3.8, 4) is 0 Å². The van der Waals surface area contributed by atoms with Gasteiger partial charge in [0.25, 0.3) is 0 Å². The normalized spacial score (nSPS) is 12.2. The Hall–Kier alpha value is -4.50. The number of nitrogens with zero attached hydrogens (tertiary/aromatic N) is 1. The van der Waals surface area contributed by atoms with Crippen molar-refractivity contribution < 1.29 is 28.8 Å². The maximum absolute atomic E-state index is 13.4. The maximum Gasteiger partial charge on any atom is 0.408 e. The van der Waals surface area contributed by atoms with Gasteiger partial charge in [-0.05, 0) is 29.0 Å². The lowest BCUT2D eigenvalue weighted by Gasteiger charge is -2.25. The Morgan fingerprint density at radius 1 is 0.707 bits per heavy atom. The summed E-state index contributed by atoms with van der Waals surface area (Å²) in [5.74, 6) is -2.29. The lowest BCUT2D eigenvalue weighted by Crippen LogP contribution is -2.55. The molecule has 0 saturated heterocycles. The average Bonchev–Trinajstić information content (AvgIpc) is 2.98. The van der Waals surface area contributed by atoms with Crippen LogP contribution in [-0.2, 0) is 43.6 Å². The smallest absolute Gasteiger partial charge is 0.408 e. The predicted octanol–water partition coefficient (Wildman–Crippen LogP) is 4.21. The third kappa shape index (κ3) is 10.5. The summed E-state index contributed by atoms with van der Waals surface area (Å²) in [4.78, 5) is 57.9. The van der Waals surface area contributed by atoms with Gasteiger partial charge in [-0.3, -0.25) is 19.2 Å². The number of likely N-dealkylation sites (N-methyl/N-ethyl adjacent to an activating group) is 1. The van der Waals surface area contributed by atoms with E-state index in [-0.39, 0.29) is 25.6 Å². The molecule has 3 aromatic carbocycles. The fourth-order valence-electron chi connectivity index (χ4n) is 4.05. The molecule has 216 valence electrons. The summed E-state index contributed by atoms with van der Waals surface area (Å²) in [5.41, 5.74) is 2.39. The predicted molar refractivity (Wildman–Crippen MR) is 154 cm³/mol. The number of hydrogen-bond acceptors (Lipinski definition) is 6. The zero-order valence-corrected chi connectivity index (χ0v) is 23.6. The van der Waals surface area contributed by atoms with Gasteiger partial charge in [0, 0.05) is 13.5 Å². The van der Waals surface area contributed by atoms with Crippen molar-refractivity contribution in [1.29, 1.82) is 0 Å². The van der Waals surface area contributed by atoms with Gasteiger partial charge in [-0.2, -0.15) is 0 Å². The van der Waals surface area contributed by atoms with E-state index in [1.165, 1.54) is 7.05 Å².